The number of primary amides is 1. The Labute approximate surface area is 48.1 Å². The molecule has 3 N–H and O–H groups in total. The van der Waals surface area contributed by atoms with E-state index in [2.05, 4.69) is 5.73 Å². The molecule has 0 aliphatic heterocycles. The van der Waals surface area contributed by atoms with E-state index in [-0.39, 0.29) is 7.43 Å². The minimum atomic E-state index is -0.812. The minimum absolute atomic E-state index is 0. The highest BCUT2D eigenvalue weighted by molar-refractivity contribution is 5.91. The number of carbonyl (C=O) groups excluding carboxylic acids is 2. The number of nitrogens with one attached hydrogen (secondary N) is 1. The summed E-state index contributed by atoms with van der Waals surface area (Å²) in [4.78, 5) is 19.5. The van der Waals surface area contributed by atoms with Crippen molar-refractivity contribution in [1.29, 1.82) is 0 Å². The molecule has 0 spiro atoms. The maximum absolute atomic E-state index is 9.84. The van der Waals surface area contributed by atoms with Gasteiger partial charge in [-0.05, 0) is 0 Å². The molecule has 0 aliphatic carbocycles. The van der Waals surface area contributed by atoms with Crippen LogP contribution in [0.5, 0.6) is 0 Å². The maximum atomic E-state index is 9.84. The van der Waals surface area contributed by atoms with Gasteiger partial charge in [-0.1, -0.05) is 7.43 Å². The van der Waals surface area contributed by atoms with Gasteiger partial charge in [0.05, 0.1) is 0 Å². The van der Waals surface area contributed by atoms with Gasteiger partial charge in [0.15, 0.2) is 0 Å². The Morgan fingerprint density at radius 3 is 1.88 bits per heavy atom. The van der Waals surface area contributed by atoms with Gasteiger partial charge in [-0.3, -0.25) is 10.1 Å². The second-order valence-corrected chi connectivity index (χ2v) is 1.05. The summed E-state index contributed by atoms with van der Waals surface area (Å²) in [6, 6.07) is -0.812. The van der Waals surface area contributed by atoms with Crippen LogP contribution in [0.25, 0.3) is 0 Å². The van der Waals surface area contributed by atoms with E-state index >= 15 is 0 Å². The van der Waals surface area contributed by atoms with E-state index in [9.17, 15) is 9.59 Å². The second-order valence-electron chi connectivity index (χ2n) is 1.05. The summed E-state index contributed by atoms with van der Waals surface area (Å²) in [5.41, 5.74) is 4.52. The molecule has 0 unspecified atom stereocenters. The average molecular weight is 118 g/mol. The molecule has 4 heteroatoms. The zero-order valence-corrected chi connectivity index (χ0v) is 3.89. The van der Waals surface area contributed by atoms with Crippen LogP contribution in [0, 0.1) is 0 Å². The monoisotopic (exact) mass is 118 g/mol. The highest BCUT2D eigenvalue weighted by atomic mass is 16.2. The molecule has 0 aliphatic rings. The summed E-state index contributed by atoms with van der Waals surface area (Å²) in [6.07, 6.45) is 0. The molecule has 0 atom stereocenters. The van der Waals surface area contributed by atoms with E-state index in [1.807, 2.05) is 0 Å². The molecule has 0 saturated heterocycles. The summed E-state index contributed by atoms with van der Waals surface area (Å²) in [5, 5.41) is 1.81. The summed E-state index contributed by atoms with van der Waals surface area (Å²) in [5.74, 6) is -0.437. The smallest absolute Gasteiger partial charge is 0.318 e. The quantitative estimate of drug-likeness (QED) is 0.463. The number of hydrogen-bond donors (Lipinski definition) is 2. The first kappa shape index (κ1) is 10.0. The van der Waals surface area contributed by atoms with Crippen molar-refractivity contribution in [2.24, 2.45) is 5.73 Å². The predicted molar refractivity (Wildman–Crippen MR) is 30.1 cm³/mol. The van der Waals surface area contributed by atoms with Crippen LogP contribution in [0.1, 0.15) is 14.4 Å². The fraction of sp³-hybridized carbons (Fsp3) is 0.500. The van der Waals surface area contributed by atoms with Gasteiger partial charge in [0.1, 0.15) is 0 Å². The van der Waals surface area contributed by atoms with Crippen LogP contribution in [0.4, 0.5) is 4.79 Å². The van der Waals surface area contributed by atoms with E-state index in [1.54, 1.807) is 5.32 Å². The first-order valence-electron chi connectivity index (χ1n) is 1.70. The fourth-order valence-electron chi connectivity index (χ4n) is 0.173. The zero-order valence-electron chi connectivity index (χ0n) is 3.89. The molecule has 0 aromatic carbocycles. The van der Waals surface area contributed by atoms with E-state index in [0.29, 0.717) is 0 Å². The standard InChI is InChI=1S/C3H6N2O2.CH4/c1-2(6)5-3(4)7;/h1H3,(H3,4,5,6,7);1H4. The number of carbonyl (C=O) groups is 2. The van der Waals surface area contributed by atoms with Crippen molar-refractivity contribution in [3.8, 4) is 0 Å². The zero-order chi connectivity index (χ0) is 5.86. The van der Waals surface area contributed by atoms with Gasteiger partial charge < -0.3 is 5.73 Å². The molecule has 8 heavy (non-hydrogen) atoms. The fourth-order valence-corrected chi connectivity index (χ4v) is 0.173. The summed E-state index contributed by atoms with van der Waals surface area (Å²) in [7, 11) is 0. The lowest BCUT2D eigenvalue weighted by atomic mass is 10.7. The van der Waals surface area contributed by atoms with Crippen molar-refractivity contribution in [3.63, 3.8) is 0 Å². The SMILES string of the molecule is C.CC(=O)NC(N)=O. The average Bonchev–Trinajstić information content (AvgIpc) is 1.27. The molecule has 0 radical (unpaired) electrons. The van der Waals surface area contributed by atoms with Gasteiger partial charge in [-0.2, -0.15) is 0 Å². The molecule has 0 aromatic rings. The lowest BCUT2D eigenvalue weighted by Gasteiger charge is -1.88. The normalized spacial score (nSPS) is 6.62. The molecule has 48 valence electrons. The second kappa shape index (κ2) is 4.11. The van der Waals surface area contributed by atoms with Crippen molar-refractivity contribution in [1.82, 2.24) is 5.32 Å². The summed E-state index contributed by atoms with van der Waals surface area (Å²) < 4.78 is 0. The maximum Gasteiger partial charge on any atom is 0.318 e. The van der Waals surface area contributed by atoms with Crippen LogP contribution in [0.3, 0.4) is 0 Å². The first-order valence-corrected chi connectivity index (χ1v) is 1.70. The van der Waals surface area contributed by atoms with Crippen molar-refractivity contribution >= 4 is 11.9 Å². The molecule has 0 fully saturated rings. The van der Waals surface area contributed by atoms with Crippen molar-refractivity contribution in [2.75, 3.05) is 0 Å². The van der Waals surface area contributed by atoms with Crippen LogP contribution in [0.15, 0.2) is 0 Å². The third-order valence-corrected chi connectivity index (χ3v) is 0.299. The number of nitrogens with two attached hydrogens (primary N) is 1. The molecule has 0 aromatic heterocycles. The van der Waals surface area contributed by atoms with E-state index < -0.39 is 11.9 Å². The van der Waals surface area contributed by atoms with Crippen LogP contribution < -0.4 is 11.1 Å². The van der Waals surface area contributed by atoms with E-state index in [1.165, 1.54) is 6.92 Å². The number of rotatable bonds is 0. The molecule has 4 nitrogen and oxygen atoms in total. The Morgan fingerprint density at radius 2 is 1.88 bits per heavy atom. The Bertz CT molecular complexity index is 88.2. The topological polar surface area (TPSA) is 72.2 Å². The van der Waals surface area contributed by atoms with Gasteiger partial charge in [-0.25, -0.2) is 4.79 Å². The van der Waals surface area contributed by atoms with Gasteiger partial charge >= 0.3 is 6.03 Å². The van der Waals surface area contributed by atoms with Gasteiger partial charge in [0, 0.05) is 6.92 Å². The highest BCUT2D eigenvalue weighted by Crippen LogP contribution is 1.55. The van der Waals surface area contributed by atoms with Crippen LogP contribution in [-0.2, 0) is 4.79 Å². The molecule has 0 rings (SSSR count). The number of urea groups is 1. The minimum Gasteiger partial charge on any atom is -0.351 e. The third-order valence-electron chi connectivity index (χ3n) is 0.299. The third kappa shape index (κ3) is 8.87. The Morgan fingerprint density at radius 1 is 1.50 bits per heavy atom. The van der Waals surface area contributed by atoms with Crippen LogP contribution in [-0.4, -0.2) is 11.9 Å². The van der Waals surface area contributed by atoms with Crippen LogP contribution in [0.2, 0.25) is 0 Å². The van der Waals surface area contributed by atoms with Crippen LogP contribution >= 0.6 is 0 Å². The van der Waals surface area contributed by atoms with Crippen molar-refractivity contribution in [2.45, 2.75) is 14.4 Å². The summed E-state index contributed by atoms with van der Waals surface area (Å²) in [6.45, 7) is 1.21. The lowest BCUT2D eigenvalue weighted by molar-refractivity contribution is -0.117. The molecule has 3 amide bonds. The number of imide groups is 1. The lowest BCUT2D eigenvalue weighted by Crippen LogP contribution is -2.32. The van der Waals surface area contributed by atoms with Gasteiger partial charge in [0.2, 0.25) is 5.91 Å². The Hall–Kier alpha value is -1.06. The number of hydrogen-bond acceptors (Lipinski definition) is 2. The highest BCUT2D eigenvalue weighted by Gasteiger charge is 1.91. The van der Waals surface area contributed by atoms with Gasteiger partial charge in [-0.15, -0.1) is 0 Å². The Kier molecular flexibility index (Phi) is 5.15. The van der Waals surface area contributed by atoms with Gasteiger partial charge in [0.25, 0.3) is 0 Å². The predicted octanol–water partition coefficient (Wildman–Crippen LogP) is -0.163. The Balaban J connectivity index is 0. The number of amides is 3. The van der Waals surface area contributed by atoms with Crippen molar-refractivity contribution < 1.29 is 9.59 Å². The van der Waals surface area contributed by atoms with Crippen molar-refractivity contribution in [3.05, 3.63) is 0 Å². The molecule has 0 saturated carbocycles. The molecule has 0 heterocycles. The molecular formula is C4H10N2O2. The van der Waals surface area contributed by atoms with E-state index in [4.69, 9.17) is 0 Å². The summed E-state index contributed by atoms with van der Waals surface area (Å²) >= 11 is 0. The first-order chi connectivity index (χ1) is 3.13. The largest absolute Gasteiger partial charge is 0.351 e. The molecule has 0 bridgehead atoms. The molecular weight excluding hydrogens is 108 g/mol. The van der Waals surface area contributed by atoms with E-state index in [0.717, 1.165) is 0 Å².